The largest absolute Gasteiger partial charge is 0.308 e. The molecule has 0 atom stereocenters. The summed E-state index contributed by atoms with van der Waals surface area (Å²) in [5, 5.41) is 0. The second-order valence-corrected chi connectivity index (χ2v) is 4.90. The lowest BCUT2D eigenvalue weighted by atomic mass is 10.3. The topological polar surface area (TPSA) is 50.4 Å². The highest BCUT2D eigenvalue weighted by Crippen LogP contribution is 2.31. The fourth-order valence-corrected chi connectivity index (χ4v) is 2.40. The van der Waals surface area contributed by atoms with Crippen molar-refractivity contribution < 1.29 is 0 Å². The van der Waals surface area contributed by atoms with Crippen LogP contribution in [0.25, 0.3) is 0 Å². The van der Waals surface area contributed by atoms with Gasteiger partial charge in [-0.15, -0.1) is 11.3 Å². The maximum absolute atomic E-state index is 5.96. The molecule has 0 radical (unpaired) electrons. The summed E-state index contributed by atoms with van der Waals surface area (Å²) in [7, 11) is 0. The van der Waals surface area contributed by atoms with Crippen molar-refractivity contribution in [1.82, 2.24) is 5.43 Å². The van der Waals surface area contributed by atoms with Gasteiger partial charge in [-0.05, 0) is 12.5 Å². The number of nitrogens with two attached hydrogens (primary N) is 1. The number of hydrogen-bond acceptors (Lipinski definition) is 3. The molecule has 1 aromatic heterocycles. The molecule has 0 aliphatic heterocycles. The highest BCUT2D eigenvalue weighted by molar-refractivity contribution is 7.20. The Bertz CT molecular complexity index is 335. The molecule has 1 heterocycles. The van der Waals surface area contributed by atoms with E-state index in [2.05, 4.69) is 10.4 Å². The Morgan fingerprint density at radius 1 is 1.64 bits per heavy atom. The van der Waals surface area contributed by atoms with Crippen molar-refractivity contribution in [2.24, 2.45) is 10.8 Å². The van der Waals surface area contributed by atoms with Crippen molar-refractivity contribution in [3.8, 4) is 0 Å². The first kappa shape index (κ1) is 11.8. The van der Waals surface area contributed by atoms with Crippen molar-refractivity contribution in [3.05, 3.63) is 20.3 Å². The van der Waals surface area contributed by atoms with Crippen molar-refractivity contribution >= 4 is 40.4 Å². The van der Waals surface area contributed by atoms with Crippen LogP contribution in [-0.2, 0) is 0 Å². The van der Waals surface area contributed by atoms with Crippen LogP contribution >= 0.6 is 34.5 Å². The van der Waals surface area contributed by atoms with Crippen LogP contribution in [0.15, 0.2) is 11.1 Å². The van der Waals surface area contributed by atoms with Gasteiger partial charge in [0.15, 0.2) is 0 Å². The highest BCUT2D eigenvalue weighted by atomic mass is 35.5. The molecule has 1 aromatic rings. The zero-order valence-corrected chi connectivity index (χ0v) is 10.0. The molecular formula is C8H11Cl2N3S. The maximum atomic E-state index is 5.96. The average molecular weight is 252 g/mol. The minimum atomic E-state index is 0.583. The molecule has 3 N–H and O–H groups in total. The summed E-state index contributed by atoms with van der Waals surface area (Å²) in [6.45, 7) is 2.75. The molecule has 0 saturated heterocycles. The van der Waals surface area contributed by atoms with Gasteiger partial charge in [-0.25, -0.2) is 5.84 Å². The molecule has 0 bridgehead atoms. The Labute approximate surface area is 96.9 Å². The van der Waals surface area contributed by atoms with E-state index in [-0.39, 0.29) is 0 Å². The number of nitrogens with zero attached hydrogens (tertiary/aromatic N) is 1. The van der Waals surface area contributed by atoms with E-state index >= 15 is 0 Å². The molecule has 0 amide bonds. The van der Waals surface area contributed by atoms with E-state index in [1.165, 1.54) is 11.3 Å². The number of halogens is 2. The summed E-state index contributed by atoms with van der Waals surface area (Å²) >= 11 is 13.1. The molecule has 0 unspecified atom stereocenters. The summed E-state index contributed by atoms with van der Waals surface area (Å²) in [5.74, 6) is 5.93. The van der Waals surface area contributed by atoms with Gasteiger partial charge in [-0.2, -0.15) is 0 Å². The van der Waals surface area contributed by atoms with Gasteiger partial charge in [0.05, 0.1) is 4.34 Å². The number of amidine groups is 1. The van der Waals surface area contributed by atoms with Crippen LogP contribution in [0, 0.1) is 0 Å². The number of hydrazine groups is 1. The minimum absolute atomic E-state index is 0.583. The third-order valence-electron chi connectivity index (χ3n) is 1.54. The van der Waals surface area contributed by atoms with Crippen LogP contribution in [0.1, 0.15) is 18.9 Å². The molecule has 3 nitrogen and oxygen atoms in total. The van der Waals surface area contributed by atoms with Crippen LogP contribution in [0.2, 0.25) is 8.67 Å². The highest BCUT2D eigenvalue weighted by Gasteiger charge is 2.10. The minimum Gasteiger partial charge on any atom is -0.308 e. The monoisotopic (exact) mass is 251 g/mol. The predicted octanol–water partition coefficient (Wildman–Crippen LogP) is 2.67. The number of aliphatic imine (C=N–C) groups is 1. The van der Waals surface area contributed by atoms with Crippen molar-refractivity contribution in [1.29, 1.82) is 0 Å². The van der Waals surface area contributed by atoms with Gasteiger partial charge in [-0.3, -0.25) is 4.99 Å². The first-order valence-corrected chi connectivity index (χ1v) is 5.72. The molecule has 78 valence electrons. The molecule has 0 spiro atoms. The summed E-state index contributed by atoms with van der Waals surface area (Å²) in [6, 6.07) is 1.75. The molecule has 6 heteroatoms. The zero-order valence-electron chi connectivity index (χ0n) is 7.68. The van der Waals surface area contributed by atoms with Gasteiger partial charge in [0.25, 0.3) is 0 Å². The first-order chi connectivity index (χ1) is 6.69. The third kappa shape index (κ3) is 2.85. The lowest BCUT2D eigenvalue weighted by Crippen LogP contribution is -2.31. The van der Waals surface area contributed by atoms with Gasteiger partial charge in [0, 0.05) is 12.1 Å². The fourth-order valence-electron chi connectivity index (χ4n) is 0.934. The van der Waals surface area contributed by atoms with E-state index in [4.69, 9.17) is 29.0 Å². The number of thiophene rings is 1. The van der Waals surface area contributed by atoms with Crippen molar-refractivity contribution in [2.45, 2.75) is 13.3 Å². The number of hydrogen-bond donors (Lipinski definition) is 2. The van der Waals surface area contributed by atoms with Crippen LogP contribution in [-0.4, -0.2) is 12.4 Å². The Hall–Kier alpha value is -0.290. The summed E-state index contributed by atoms with van der Waals surface area (Å²) in [6.07, 6.45) is 0.959. The lowest BCUT2D eigenvalue weighted by Gasteiger charge is -2.03. The fraction of sp³-hybridized carbons (Fsp3) is 0.375. The Balaban J connectivity index is 2.94. The second kappa shape index (κ2) is 5.56. The summed E-state index contributed by atoms with van der Waals surface area (Å²) in [4.78, 5) is 4.25. The van der Waals surface area contributed by atoms with Crippen LogP contribution in [0.3, 0.4) is 0 Å². The zero-order chi connectivity index (χ0) is 10.6. The number of rotatable bonds is 3. The SMILES string of the molecule is CCCN=C(NN)c1cc(Cl)sc1Cl. The average Bonchev–Trinajstić information content (AvgIpc) is 2.47. The molecule has 0 aromatic carbocycles. The molecule has 0 fully saturated rings. The maximum Gasteiger partial charge on any atom is 0.144 e. The Morgan fingerprint density at radius 2 is 2.36 bits per heavy atom. The van der Waals surface area contributed by atoms with E-state index in [1.54, 1.807) is 6.07 Å². The van der Waals surface area contributed by atoms with Crippen molar-refractivity contribution in [2.75, 3.05) is 6.54 Å². The van der Waals surface area contributed by atoms with E-state index in [9.17, 15) is 0 Å². The van der Waals surface area contributed by atoms with Gasteiger partial charge in [0.2, 0.25) is 0 Å². The quantitative estimate of drug-likeness (QED) is 0.376. The van der Waals surface area contributed by atoms with Crippen LogP contribution in [0.4, 0.5) is 0 Å². The van der Waals surface area contributed by atoms with Crippen LogP contribution in [0.5, 0.6) is 0 Å². The van der Waals surface area contributed by atoms with Crippen LogP contribution < -0.4 is 11.3 Å². The van der Waals surface area contributed by atoms with Gasteiger partial charge < -0.3 is 5.43 Å². The Morgan fingerprint density at radius 3 is 2.79 bits per heavy atom. The first-order valence-electron chi connectivity index (χ1n) is 4.15. The predicted molar refractivity (Wildman–Crippen MR) is 63.4 cm³/mol. The van der Waals surface area contributed by atoms with Crippen molar-refractivity contribution in [3.63, 3.8) is 0 Å². The summed E-state index contributed by atoms with van der Waals surface area (Å²) in [5.41, 5.74) is 3.28. The van der Waals surface area contributed by atoms with E-state index in [0.29, 0.717) is 21.1 Å². The van der Waals surface area contributed by atoms with E-state index in [1.807, 2.05) is 6.92 Å². The third-order valence-corrected chi connectivity index (χ3v) is 3.03. The molecule has 14 heavy (non-hydrogen) atoms. The number of nitrogens with one attached hydrogen (secondary N) is 1. The Kier molecular flexibility index (Phi) is 4.68. The molecule has 0 aliphatic carbocycles. The standard InChI is InChI=1S/C8H11Cl2N3S/c1-2-3-12-8(13-11)5-4-6(9)14-7(5)10/h4H,2-3,11H2,1H3,(H,12,13). The van der Waals surface area contributed by atoms with E-state index in [0.717, 1.165) is 12.0 Å². The molecule has 0 aliphatic rings. The molecule has 1 rings (SSSR count). The van der Waals surface area contributed by atoms with E-state index < -0.39 is 0 Å². The van der Waals surface area contributed by atoms with Gasteiger partial charge in [-0.1, -0.05) is 30.1 Å². The lowest BCUT2D eigenvalue weighted by molar-refractivity contribution is 0.908. The van der Waals surface area contributed by atoms with Gasteiger partial charge >= 0.3 is 0 Å². The molecule has 0 saturated carbocycles. The smallest absolute Gasteiger partial charge is 0.144 e. The van der Waals surface area contributed by atoms with Gasteiger partial charge in [0.1, 0.15) is 10.2 Å². The summed E-state index contributed by atoms with van der Waals surface area (Å²) < 4.78 is 1.23. The second-order valence-electron chi connectivity index (χ2n) is 2.61. The normalized spacial score (nSPS) is 11.9. The molecular weight excluding hydrogens is 241 g/mol.